The molecule has 0 spiro atoms. The maximum absolute atomic E-state index is 9.22. The maximum Gasteiger partial charge on any atom is 0.175 e. The normalized spacial score (nSPS) is 10.6. The molecule has 2 rings (SSSR count). The lowest BCUT2D eigenvalue weighted by molar-refractivity contribution is 0.280. The molecule has 1 N–H and O–H groups in total. The Morgan fingerprint density at radius 2 is 2.31 bits per heavy atom. The molecule has 0 saturated heterocycles. The molecule has 0 aromatic carbocycles. The van der Waals surface area contributed by atoms with E-state index in [0.29, 0.717) is 5.82 Å². The van der Waals surface area contributed by atoms with E-state index in [9.17, 15) is 5.11 Å². The van der Waals surface area contributed by atoms with Gasteiger partial charge in [0.15, 0.2) is 5.82 Å². The van der Waals surface area contributed by atoms with Gasteiger partial charge < -0.3 is 5.11 Å². The fourth-order valence-electron chi connectivity index (χ4n) is 1.65. The number of rotatable bonds is 4. The van der Waals surface area contributed by atoms with Crippen LogP contribution < -0.4 is 0 Å². The maximum atomic E-state index is 9.22. The Labute approximate surface area is 93.8 Å². The van der Waals surface area contributed by atoms with Crippen molar-refractivity contribution in [1.29, 1.82) is 0 Å². The van der Waals surface area contributed by atoms with Crippen LogP contribution in [0.2, 0.25) is 0 Å². The average Bonchev–Trinajstić information content (AvgIpc) is 2.74. The van der Waals surface area contributed by atoms with Crippen LogP contribution in [-0.4, -0.2) is 25.1 Å². The summed E-state index contributed by atoms with van der Waals surface area (Å²) in [7, 11) is 0. The predicted octanol–water partition coefficient (Wildman–Crippen LogP) is 1.11. The van der Waals surface area contributed by atoms with E-state index < -0.39 is 0 Å². The van der Waals surface area contributed by atoms with Gasteiger partial charge in [0.05, 0.1) is 18.5 Å². The highest BCUT2D eigenvalue weighted by molar-refractivity contribution is 5.27. The topological polar surface area (TPSA) is 63.8 Å². The van der Waals surface area contributed by atoms with E-state index in [1.54, 1.807) is 17.1 Å². The lowest BCUT2D eigenvalue weighted by Crippen LogP contribution is -2.06. The summed E-state index contributed by atoms with van der Waals surface area (Å²) in [5.41, 5.74) is 1.86. The van der Waals surface area contributed by atoms with Crippen LogP contribution in [0, 0.1) is 0 Å². The van der Waals surface area contributed by atoms with Crippen molar-refractivity contribution in [2.24, 2.45) is 0 Å². The summed E-state index contributed by atoms with van der Waals surface area (Å²) in [5, 5.41) is 21.3. The molecule has 2 aromatic heterocycles. The summed E-state index contributed by atoms with van der Waals surface area (Å²) in [6.07, 6.45) is 5.17. The van der Waals surface area contributed by atoms with Crippen molar-refractivity contribution in [1.82, 2.24) is 20.0 Å². The number of hydrogen-bond acceptors (Lipinski definition) is 4. The number of hydrogen-bond donors (Lipinski definition) is 1. The average molecular weight is 218 g/mol. The molecular weight excluding hydrogens is 204 g/mol. The Hall–Kier alpha value is -1.75. The van der Waals surface area contributed by atoms with Gasteiger partial charge in [-0.05, 0) is 18.6 Å². The van der Waals surface area contributed by atoms with Gasteiger partial charge in [-0.1, -0.05) is 13.3 Å². The minimum Gasteiger partial charge on any atom is -0.392 e. The van der Waals surface area contributed by atoms with Gasteiger partial charge in [-0.15, -0.1) is 5.10 Å². The van der Waals surface area contributed by atoms with Crippen molar-refractivity contribution >= 4 is 0 Å². The molecule has 5 nitrogen and oxygen atoms in total. The summed E-state index contributed by atoms with van der Waals surface area (Å²) in [6, 6.07) is 3.67. The molecule has 84 valence electrons. The van der Waals surface area contributed by atoms with E-state index in [1.165, 1.54) is 0 Å². The van der Waals surface area contributed by atoms with Gasteiger partial charge >= 0.3 is 0 Å². The van der Waals surface area contributed by atoms with Gasteiger partial charge in [-0.25, -0.2) is 4.68 Å². The largest absolute Gasteiger partial charge is 0.392 e. The molecule has 0 aliphatic rings. The summed E-state index contributed by atoms with van der Waals surface area (Å²) in [5.74, 6) is 0.686. The number of aliphatic hydroxyl groups excluding tert-OH is 1. The lowest BCUT2D eigenvalue weighted by Gasteiger charge is -2.06. The highest BCUT2D eigenvalue weighted by atomic mass is 16.3. The molecule has 0 saturated carbocycles. The van der Waals surface area contributed by atoms with E-state index >= 15 is 0 Å². The van der Waals surface area contributed by atoms with Crippen LogP contribution in [0.5, 0.6) is 0 Å². The van der Waals surface area contributed by atoms with Crippen LogP contribution in [0.4, 0.5) is 0 Å². The molecule has 0 aliphatic heterocycles. The van der Waals surface area contributed by atoms with Crippen molar-refractivity contribution in [2.75, 3.05) is 0 Å². The summed E-state index contributed by atoms with van der Waals surface area (Å²) >= 11 is 0. The van der Waals surface area contributed by atoms with E-state index in [1.807, 2.05) is 12.1 Å². The van der Waals surface area contributed by atoms with Crippen LogP contribution in [-0.2, 0) is 13.0 Å². The Bertz CT molecular complexity index is 452. The first-order valence-electron chi connectivity index (χ1n) is 5.31. The lowest BCUT2D eigenvalue weighted by atomic mass is 10.2. The van der Waals surface area contributed by atoms with Crippen molar-refractivity contribution in [3.05, 3.63) is 35.8 Å². The van der Waals surface area contributed by atoms with Gasteiger partial charge in [-0.3, -0.25) is 0 Å². The molecule has 0 radical (unpaired) electrons. The van der Waals surface area contributed by atoms with Gasteiger partial charge in [0.25, 0.3) is 0 Å². The molecule has 0 unspecified atom stereocenters. The molecule has 16 heavy (non-hydrogen) atoms. The Morgan fingerprint density at radius 3 is 2.94 bits per heavy atom. The van der Waals surface area contributed by atoms with Crippen molar-refractivity contribution in [2.45, 2.75) is 26.4 Å². The number of aliphatic hydroxyl groups is 1. The molecule has 2 heterocycles. The third kappa shape index (κ3) is 1.94. The monoisotopic (exact) mass is 218 g/mol. The predicted molar refractivity (Wildman–Crippen MR) is 59.1 cm³/mol. The SMILES string of the molecule is CCCc1c(CO)cnn1-c1cccnn1. The van der Waals surface area contributed by atoms with Crippen LogP contribution in [0.3, 0.4) is 0 Å². The van der Waals surface area contributed by atoms with Crippen LogP contribution >= 0.6 is 0 Å². The smallest absolute Gasteiger partial charge is 0.175 e. The Morgan fingerprint density at radius 1 is 1.44 bits per heavy atom. The van der Waals surface area contributed by atoms with Crippen molar-refractivity contribution in [3.8, 4) is 5.82 Å². The molecule has 5 heteroatoms. The van der Waals surface area contributed by atoms with Crippen molar-refractivity contribution < 1.29 is 5.11 Å². The minimum atomic E-state index is 0.00952. The highest BCUT2D eigenvalue weighted by Crippen LogP contribution is 2.14. The molecule has 0 aliphatic carbocycles. The zero-order valence-electron chi connectivity index (χ0n) is 9.17. The summed E-state index contributed by atoms with van der Waals surface area (Å²) in [6.45, 7) is 2.10. The zero-order valence-corrected chi connectivity index (χ0v) is 9.17. The first-order valence-corrected chi connectivity index (χ1v) is 5.31. The quantitative estimate of drug-likeness (QED) is 0.834. The third-order valence-corrected chi connectivity index (χ3v) is 2.39. The second-order valence-corrected chi connectivity index (χ2v) is 3.52. The van der Waals surface area contributed by atoms with Crippen LogP contribution in [0.15, 0.2) is 24.5 Å². The second kappa shape index (κ2) is 4.85. The molecule has 0 atom stereocenters. The minimum absolute atomic E-state index is 0.00952. The Balaban J connectivity index is 2.44. The van der Waals surface area contributed by atoms with Gasteiger partial charge in [0.2, 0.25) is 0 Å². The van der Waals surface area contributed by atoms with E-state index in [2.05, 4.69) is 22.2 Å². The third-order valence-electron chi connectivity index (χ3n) is 2.39. The standard InChI is InChI=1S/C11H14N4O/c1-2-4-10-9(8-16)7-13-15(10)11-5-3-6-12-14-11/h3,5-7,16H,2,4,8H2,1H3. The first kappa shape index (κ1) is 10.8. The zero-order chi connectivity index (χ0) is 11.4. The first-order chi connectivity index (χ1) is 7.86. The molecule has 2 aromatic rings. The van der Waals surface area contributed by atoms with Crippen LogP contribution in [0.25, 0.3) is 5.82 Å². The molecule has 0 fully saturated rings. The van der Waals surface area contributed by atoms with E-state index in [4.69, 9.17) is 0 Å². The molecule has 0 amide bonds. The highest BCUT2D eigenvalue weighted by Gasteiger charge is 2.11. The van der Waals surface area contributed by atoms with Gasteiger partial charge in [-0.2, -0.15) is 10.2 Å². The second-order valence-electron chi connectivity index (χ2n) is 3.52. The molecule has 0 bridgehead atoms. The Kier molecular flexibility index (Phi) is 3.26. The summed E-state index contributed by atoms with van der Waals surface area (Å²) in [4.78, 5) is 0. The van der Waals surface area contributed by atoms with Crippen molar-refractivity contribution in [3.63, 3.8) is 0 Å². The number of aromatic nitrogens is 4. The fourth-order valence-corrected chi connectivity index (χ4v) is 1.65. The fraction of sp³-hybridized carbons (Fsp3) is 0.364. The van der Waals surface area contributed by atoms with Gasteiger partial charge in [0, 0.05) is 11.8 Å². The molecular formula is C11H14N4O. The number of nitrogens with zero attached hydrogens (tertiary/aromatic N) is 4. The summed E-state index contributed by atoms with van der Waals surface area (Å²) < 4.78 is 1.74. The van der Waals surface area contributed by atoms with Crippen LogP contribution in [0.1, 0.15) is 24.6 Å². The van der Waals surface area contributed by atoms with E-state index in [0.717, 1.165) is 24.1 Å². The van der Waals surface area contributed by atoms with E-state index in [-0.39, 0.29) is 6.61 Å². The van der Waals surface area contributed by atoms with Gasteiger partial charge in [0.1, 0.15) is 0 Å².